The van der Waals surface area contributed by atoms with Crippen LogP contribution in [-0.2, 0) is 5.41 Å². The first-order valence-electron chi connectivity index (χ1n) is 4.63. The summed E-state index contributed by atoms with van der Waals surface area (Å²) in [7, 11) is 0. The van der Waals surface area contributed by atoms with Crippen molar-refractivity contribution in [1.29, 1.82) is 0 Å². The minimum atomic E-state index is 0.468. The van der Waals surface area contributed by atoms with Gasteiger partial charge in [-0.2, -0.15) is 0 Å². The molecular weight excluding hydrogens is 146 g/mol. The second-order valence-corrected chi connectivity index (χ2v) is 3.69. The van der Waals surface area contributed by atoms with Gasteiger partial charge in [-0.25, -0.2) is 0 Å². The Balaban J connectivity index is 2.19. The van der Waals surface area contributed by atoms with Gasteiger partial charge in [0.15, 0.2) is 0 Å². The summed E-state index contributed by atoms with van der Waals surface area (Å²) in [4.78, 5) is 0. The normalized spacial score (nSPS) is 19.1. The molecule has 64 valence electrons. The molecule has 0 saturated heterocycles. The average Bonchev–Trinajstić information content (AvgIpc) is 2.88. The Morgan fingerprint density at radius 1 is 1.17 bits per heavy atom. The summed E-state index contributed by atoms with van der Waals surface area (Å²) in [5, 5.41) is 0. The van der Waals surface area contributed by atoms with Gasteiger partial charge in [-0.05, 0) is 36.8 Å². The minimum Gasteiger partial charge on any atom is -0.330 e. The maximum Gasteiger partial charge on any atom is -0.00344 e. The van der Waals surface area contributed by atoms with Crippen molar-refractivity contribution >= 4 is 0 Å². The first-order chi connectivity index (χ1) is 5.87. The van der Waals surface area contributed by atoms with Gasteiger partial charge in [0.25, 0.3) is 0 Å². The number of benzene rings is 1. The molecule has 1 heteroatoms. The molecule has 1 aliphatic rings. The maximum absolute atomic E-state index is 5.59. The summed E-state index contributed by atoms with van der Waals surface area (Å²) in [6.07, 6.45) is 3.81. The molecule has 0 bridgehead atoms. The summed E-state index contributed by atoms with van der Waals surface area (Å²) in [6.45, 7) is 0.814. The fraction of sp³-hybridized carbons (Fsp3) is 0.455. The minimum absolute atomic E-state index is 0.468. The highest BCUT2D eigenvalue weighted by Crippen LogP contribution is 2.50. The molecule has 0 unspecified atom stereocenters. The van der Waals surface area contributed by atoms with Crippen LogP contribution >= 0.6 is 0 Å². The maximum atomic E-state index is 5.59. The predicted octanol–water partition coefficient (Wildman–Crippen LogP) is 2.07. The number of nitrogens with two attached hydrogens (primary N) is 1. The van der Waals surface area contributed by atoms with Crippen molar-refractivity contribution in [1.82, 2.24) is 0 Å². The van der Waals surface area contributed by atoms with Gasteiger partial charge in [-0.1, -0.05) is 30.3 Å². The topological polar surface area (TPSA) is 26.0 Å². The SMILES string of the molecule is NCCC1(c2ccccc2)CC1. The third kappa shape index (κ3) is 1.25. The summed E-state index contributed by atoms with van der Waals surface area (Å²) in [6, 6.07) is 10.8. The van der Waals surface area contributed by atoms with E-state index < -0.39 is 0 Å². The molecule has 0 spiro atoms. The van der Waals surface area contributed by atoms with Crippen molar-refractivity contribution < 1.29 is 0 Å². The smallest absolute Gasteiger partial charge is 0.00344 e. The van der Waals surface area contributed by atoms with Crippen LogP contribution in [-0.4, -0.2) is 6.54 Å². The van der Waals surface area contributed by atoms with Crippen LogP contribution in [0.15, 0.2) is 30.3 Å². The molecule has 2 N–H and O–H groups in total. The molecule has 0 atom stereocenters. The van der Waals surface area contributed by atoms with Crippen LogP contribution in [0.1, 0.15) is 24.8 Å². The Labute approximate surface area is 73.6 Å². The molecular formula is C11H15N. The molecule has 1 fully saturated rings. The Kier molecular flexibility index (Phi) is 1.89. The van der Waals surface area contributed by atoms with Crippen LogP contribution in [0.4, 0.5) is 0 Å². The molecule has 0 radical (unpaired) electrons. The molecule has 1 saturated carbocycles. The molecule has 12 heavy (non-hydrogen) atoms. The van der Waals surface area contributed by atoms with Gasteiger partial charge in [0, 0.05) is 0 Å². The van der Waals surface area contributed by atoms with Gasteiger partial charge in [0.05, 0.1) is 0 Å². The van der Waals surface area contributed by atoms with E-state index >= 15 is 0 Å². The predicted molar refractivity (Wildman–Crippen MR) is 51.0 cm³/mol. The first-order valence-corrected chi connectivity index (χ1v) is 4.63. The lowest BCUT2D eigenvalue weighted by atomic mass is 9.93. The quantitative estimate of drug-likeness (QED) is 0.721. The van der Waals surface area contributed by atoms with E-state index in [4.69, 9.17) is 5.73 Å². The van der Waals surface area contributed by atoms with Crippen molar-refractivity contribution in [3.05, 3.63) is 35.9 Å². The van der Waals surface area contributed by atoms with Gasteiger partial charge in [0.2, 0.25) is 0 Å². The lowest BCUT2D eigenvalue weighted by Crippen LogP contribution is -2.12. The molecule has 0 heterocycles. The third-order valence-corrected chi connectivity index (χ3v) is 2.86. The van der Waals surface area contributed by atoms with Crippen LogP contribution in [0.5, 0.6) is 0 Å². The zero-order chi connectivity index (χ0) is 8.44. The van der Waals surface area contributed by atoms with Crippen molar-refractivity contribution in [2.75, 3.05) is 6.54 Å². The largest absolute Gasteiger partial charge is 0.330 e. The highest BCUT2D eigenvalue weighted by molar-refractivity contribution is 5.30. The highest BCUT2D eigenvalue weighted by atomic mass is 14.6. The summed E-state index contributed by atoms with van der Waals surface area (Å²) >= 11 is 0. The van der Waals surface area contributed by atoms with Gasteiger partial charge in [0.1, 0.15) is 0 Å². The molecule has 0 aromatic heterocycles. The third-order valence-electron chi connectivity index (χ3n) is 2.86. The van der Waals surface area contributed by atoms with Crippen LogP contribution in [0.25, 0.3) is 0 Å². The first kappa shape index (κ1) is 7.81. The zero-order valence-corrected chi connectivity index (χ0v) is 7.29. The van der Waals surface area contributed by atoms with E-state index in [2.05, 4.69) is 30.3 Å². The molecule has 2 rings (SSSR count). The highest BCUT2D eigenvalue weighted by Gasteiger charge is 2.42. The van der Waals surface area contributed by atoms with E-state index in [1.807, 2.05) is 0 Å². The molecule has 1 aromatic carbocycles. The van der Waals surface area contributed by atoms with E-state index in [0.717, 1.165) is 13.0 Å². The van der Waals surface area contributed by atoms with Crippen LogP contribution in [0.2, 0.25) is 0 Å². The van der Waals surface area contributed by atoms with E-state index in [9.17, 15) is 0 Å². The monoisotopic (exact) mass is 161 g/mol. The second kappa shape index (κ2) is 2.91. The van der Waals surface area contributed by atoms with Crippen LogP contribution in [0, 0.1) is 0 Å². The number of hydrogen-bond donors (Lipinski definition) is 1. The van der Waals surface area contributed by atoms with E-state index in [-0.39, 0.29) is 0 Å². The Morgan fingerprint density at radius 2 is 1.83 bits per heavy atom. The van der Waals surface area contributed by atoms with Crippen molar-refractivity contribution in [2.45, 2.75) is 24.7 Å². The lowest BCUT2D eigenvalue weighted by molar-refractivity contribution is 0.629. The van der Waals surface area contributed by atoms with Crippen LogP contribution < -0.4 is 5.73 Å². The fourth-order valence-corrected chi connectivity index (χ4v) is 1.90. The summed E-state index contributed by atoms with van der Waals surface area (Å²) in [5.41, 5.74) is 7.54. The van der Waals surface area contributed by atoms with Gasteiger partial charge in [-0.15, -0.1) is 0 Å². The standard InChI is InChI=1S/C11H15N/c12-9-8-11(6-7-11)10-4-2-1-3-5-10/h1-5H,6-9,12H2. The van der Waals surface area contributed by atoms with E-state index in [0.29, 0.717) is 5.41 Å². The second-order valence-electron chi connectivity index (χ2n) is 3.69. The zero-order valence-electron chi connectivity index (χ0n) is 7.29. The molecule has 0 amide bonds. The Bertz CT molecular complexity index is 249. The van der Waals surface area contributed by atoms with Crippen molar-refractivity contribution in [3.63, 3.8) is 0 Å². The molecule has 1 aromatic rings. The number of hydrogen-bond acceptors (Lipinski definition) is 1. The van der Waals surface area contributed by atoms with Crippen LogP contribution in [0.3, 0.4) is 0 Å². The van der Waals surface area contributed by atoms with Gasteiger partial charge >= 0.3 is 0 Å². The van der Waals surface area contributed by atoms with Gasteiger partial charge in [-0.3, -0.25) is 0 Å². The molecule has 0 aliphatic heterocycles. The Morgan fingerprint density at radius 3 is 2.33 bits per heavy atom. The average molecular weight is 161 g/mol. The van der Waals surface area contributed by atoms with Crippen molar-refractivity contribution in [3.8, 4) is 0 Å². The number of rotatable bonds is 3. The fourth-order valence-electron chi connectivity index (χ4n) is 1.90. The summed E-state index contributed by atoms with van der Waals surface area (Å²) in [5.74, 6) is 0. The molecule has 1 nitrogen and oxygen atoms in total. The molecule has 1 aliphatic carbocycles. The lowest BCUT2D eigenvalue weighted by Gasteiger charge is -2.13. The van der Waals surface area contributed by atoms with E-state index in [1.165, 1.54) is 18.4 Å². The van der Waals surface area contributed by atoms with E-state index in [1.54, 1.807) is 0 Å². The Hall–Kier alpha value is -0.820. The van der Waals surface area contributed by atoms with Crippen molar-refractivity contribution in [2.24, 2.45) is 5.73 Å². The summed E-state index contributed by atoms with van der Waals surface area (Å²) < 4.78 is 0. The van der Waals surface area contributed by atoms with Gasteiger partial charge < -0.3 is 5.73 Å².